The second kappa shape index (κ2) is 5.77. The number of amides is 1. The van der Waals surface area contributed by atoms with E-state index in [1.165, 1.54) is 6.07 Å². The van der Waals surface area contributed by atoms with Crippen LogP contribution >= 0.6 is 0 Å². The van der Waals surface area contributed by atoms with E-state index in [1.807, 2.05) is 6.07 Å². The van der Waals surface area contributed by atoms with Crippen molar-refractivity contribution in [2.45, 2.75) is 6.92 Å². The minimum absolute atomic E-state index is 0.279. The average Bonchev–Trinajstić information content (AvgIpc) is 3.02. The molecule has 2 N–H and O–H groups in total. The van der Waals surface area contributed by atoms with Gasteiger partial charge < -0.3 is 5.32 Å². The van der Waals surface area contributed by atoms with Crippen molar-refractivity contribution < 1.29 is 9.18 Å². The fraction of sp³-hybridized carbons (Fsp3) is 0.0625. The van der Waals surface area contributed by atoms with E-state index in [2.05, 4.69) is 20.5 Å². The highest BCUT2D eigenvalue weighted by Crippen LogP contribution is 2.17. The highest BCUT2D eigenvalue weighted by Gasteiger charge is 2.12. The molecule has 0 radical (unpaired) electrons. The lowest BCUT2D eigenvalue weighted by Crippen LogP contribution is -2.12. The van der Waals surface area contributed by atoms with Crippen molar-refractivity contribution >= 4 is 11.6 Å². The molecule has 1 aromatic carbocycles. The van der Waals surface area contributed by atoms with Gasteiger partial charge in [0.05, 0.1) is 5.69 Å². The quantitative estimate of drug-likeness (QED) is 0.780. The Hall–Kier alpha value is -3.02. The Balaban J connectivity index is 1.78. The molecule has 0 fully saturated rings. The Morgan fingerprint density at radius 3 is 2.77 bits per heavy atom. The Bertz CT molecular complexity index is 814. The molecule has 22 heavy (non-hydrogen) atoms. The summed E-state index contributed by atoms with van der Waals surface area (Å²) in [5.41, 5.74) is 2.43. The number of H-pyrrole nitrogens is 1. The maximum absolute atomic E-state index is 13.5. The molecular weight excluding hydrogens is 283 g/mol. The maximum Gasteiger partial charge on any atom is 0.273 e. The van der Waals surface area contributed by atoms with Crippen molar-refractivity contribution in [3.05, 3.63) is 65.7 Å². The van der Waals surface area contributed by atoms with Gasteiger partial charge in [-0.3, -0.25) is 14.9 Å². The zero-order valence-corrected chi connectivity index (χ0v) is 11.8. The van der Waals surface area contributed by atoms with E-state index < -0.39 is 5.91 Å². The summed E-state index contributed by atoms with van der Waals surface area (Å²) in [6.07, 6.45) is 1.65. The number of aromatic nitrogens is 3. The monoisotopic (exact) mass is 296 g/mol. The summed E-state index contributed by atoms with van der Waals surface area (Å²) in [6.45, 7) is 1.66. The van der Waals surface area contributed by atoms with Crippen LogP contribution in [-0.4, -0.2) is 21.1 Å². The van der Waals surface area contributed by atoms with Gasteiger partial charge in [0.2, 0.25) is 0 Å². The molecule has 3 rings (SSSR count). The van der Waals surface area contributed by atoms with Crippen LogP contribution in [0.25, 0.3) is 11.4 Å². The standard InChI is InChI=1S/C16H13FN4O/c1-10-5-6-11(8-12(10)17)19-16(22)15-9-14(20-21-15)13-4-2-3-7-18-13/h2-9H,1H3,(H,19,22)(H,20,21). The third kappa shape index (κ3) is 2.85. The largest absolute Gasteiger partial charge is 0.321 e. The molecular formula is C16H13FN4O. The number of aromatic amines is 1. The molecule has 3 aromatic rings. The second-order valence-corrected chi connectivity index (χ2v) is 4.80. The van der Waals surface area contributed by atoms with Gasteiger partial charge in [-0.2, -0.15) is 5.10 Å². The van der Waals surface area contributed by atoms with E-state index in [1.54, 1.807) is 43.5 Å². The highest BCUT2D eigenvalue weighted by atomic mass is 19.1. The number of pyridine rings is 1. The lowest BCUT2D eigenvalue weighted by atomic mass is 10.2. The summed E-state index contributed by atoms with van der Waals surface area (Å²) in [6, 6.07) is 11.6. The van der Waals surface area contributed by atoms with Crippen molar-refractivity contribution in [1.82, 2.24) is 15.2 Å². The first-order valence-electron chi connectivity index (χ1n) is 6.68. The number of rotatable bonds is 3. The van der Waals surface area contributed by atoms with Gasteiger partial charge in [0, 0.05) is 11.9 Å². The van der Waals surface area contributed by atoms with Crippen LogP contribution in [0.3, 0.4) is 0 Å². The van der Waals surface area contributed by atoms with Gasteiger partial charge in [-0.1, -0.05) is 12.1 Å². The van der Waals surface area contributed by atoms with Crippen molar-refractivity contribution in [3.8, 4) is 11.4 Å². The topological polar surface area (TPSA) is 70.7 Å². The Morgan fingerprint density at radius 1 is 1.18 bits per heavy atom. The van der Waals surface area contributed by atoms with E-state index in [4.69, 9.17) is 0 Å². The summed E-state index contributed by atoms with van der Waals surface area (Å²) in [7, 11) is 0. The fourth-order valence-electron chi connectivity index (χ4n) is 1.95. The summed E-state index contributed by atoms with van der Waals surface area (Å²) < 4.78 is 13.5. The lowest BCUT2D eigenvalue weighted by Gasteiger charge is -2.04. The van der Waals surface area contributed by atoms with Crippen molar-refractivity contribution in [1.29, 1.82) is 0 Å². The van der Waals surface area contributed by atoms with Gasteiger partial charge in [0.1, 0.15) is 17.2 Å². The molecule has 0 bridgehead atoms. The van der Waals surface area contributed by atoms with Crippen molar-refractivity contribution in [3.63, 3.8) is 0 Å². The highest BCUT2D eigenvalue weighted by molar-refractivity contribution is 6.03. The number of hydrogen-bond acceptors (Lipinski definition) is 3. The summed E-state index contributed by atoms with van der Waals surface area (Å²) in [5.74, 6) is -0.755. The lowest BCUT2D eigenvalue weighted by molar-refractivity contribution is 0.102. The first-order chi connectivity index (χ1) is 10.6. The van der Waals surface area contributed by atoms with Crippen LogP contribution in [0.2, 0.25) is 0 Å². The van der Waals surface area contributed by atoms with Crippen LogP contribution in [0, 0.1) is 12.7 Å². The molecule has 0 unspecified atom stereocenters. The van der Waals surface area contributed by atoms with Crippen LogP contribution in [0.1, 0.15) is 16.1 Å². The van der Waals surface area contributed by atoms with E-state index in [0.717, 1.165) is 0 Å². The second-order valence-electron chi connectivity index (χ2n) is 4.80. The van der Waals surface area contributed by atoms with E-state index in [9.17, 15) is 9.18 Å². The van der Waals surface area contributed by atoms with E-state index in [0.29, 0.717) is 22.6 Å². The first-order valence-corrected chi connectivity index (χ1v) is 6.68. The molecule has 6 heteroatoms. The number of anilines is 1. The summed E-state index contributed by atoms with van der Waals surface area (Å²) in [5, 5.41) is 9.33. The third-order valence-corrected chi connectivity index (χ3v) is 3.18. The fourth-order valence-corrected chi connectivity index (χ4v) is 1.95. The van der Waals surface area contributed by atoms with Gasteiger partial charge in [0.25, 0.3) is 5.91 Å². The van der Waals surface area contributed by atoms with Crippen molar-refractivity contribution in [2.24, 2.45) is 0 Å². The number of halogens is 1. The van der Waals surface area contributed by atoms with Crippen LogP contribution < -0.4 is 5.32 Å². The molecule has 0 atom stereocenters. The van der Waals surface area contributed by atoms with Gasteiger partial charge in [-0.15, -0.1) is 0 Å². The Labute approximate surface area is 126 Å². The summed E-state index contributed by atoms with van der Waals surface area (Å²) in [4.78, 5) is 16.3. The first kappa shape index (κ1) is 13.9. The molecule has 0 aliphatic rings. The SMILES string of the molecule is Cc1ccc(NC(=O)c2cc(-c3ccccn3)n[nH]2)cc1F. The van der Waals surface area contributed by atoms with Crippen LogP contribution in [0.4, 0.5) is 10.1 Å². The molecule has 0 aliphatic heterocycles. The minimum atomic E-state index is -0.391. The predicted octanol–water partition coefficient (Wildman–Crippen LogP) is 3.17. The van der Waals surface area contributed by atoms with Gasteiger partial charge in [-0.05, 0) is 42.8 Å². The van der Waals surface area contributed by atoms with Gasteiger partial charge >= 0.3 is 0 Å². The van der Waals surface area contributed by atoms with Crippen LogP contribution in [-0.2, 0) is 0 Å². The minimum Gasteiger partial charge on any atom is -0.321 e. The van der Waals surface area contributed by atoms with Gasteiger partial charge in [-0.25, -0.2) is 4.39 Å². The molecule has 1 amide bonds. The molecule has 0 saturated carbocycles. The maximum atomic E-state index is 13.5. The Morgan fingerprint density at radius 2 is 2.05 bits per heavy atom. The number of nitrogens with zero attached hydrogens (tertiary/aromatic N) is 2. The van der Waals surface area contributed by atoms with Gasteiger partial charge in [0.15, 0.2) is 0 Å². The predicted molar refractivity (Wildman–Crippen MR) is 80.9 cm³/mol. The molecule has 2 heterocycles. The number of carbonyl (C=O) groups is 1. The smallest absolute Gasteiger partial charge is 0.273 e. The normalized spacial score (nSPS) is 10.5. The molecule has 0 spiro atoms. The van der Waals surface area contributed by atoms with Crippen molar-refractivity contribution in [2.75, 3.05) is 5.32 Å². The average molecular weight is 296 g/mol. The molecule has 0 saturated heterocycles. The number of benzene rings is 1. The molecule has 110 valence electrons. The molecule has 5 nitrogen and oxygen atoms in total. The Kier molecular flexibility index (Phi) is 3.65. The van der Waals surface area contributed by atoms with E-state index in [-0.39, 0.29) is 11.5 Å². The van der Waals surface area contributed by atoms with E-state index >= 15 is 0 Å². The summed E-state index contributed by atoms with van der Waals surface area (Å²) >= 11 is 0. The zero-order chi connectivity index (χ0) is 15.5. The number of carbonyl (C=O) groups excluding carboxylic acids is 1. The van der Waals surface area contributed by atoms with Crippen LogP contribution in [0.15, 0.2) is 48.7 Å². The van der Waals surface area contributed by atoms with Crippen LogP contribution in [0.5, 0.6) is 0 Å². The number of aryl methyl sites for hydroxylation is 1. The molecule has 0 aliphatic carbocycles. The molecule has 2 aromatic heterocycles. The third-order valence-electron chi connectivity index (χ3n) is 3.18. The number of hydrogen-bond donors (Lipinski definition) is 2. The number of nitrogens with one attached hydrogen (secondary N) is 2. The zero-order valence-electron chi connectivity index (χ0n) is 11.8.